The number of carbonyl (C=O) groups excluding carboxylic acids is 1. The van der Waals surface area contributed by atoms with Gasteiger partial charge in [-0.3, -0.25) is 20.8 Å². The Kier molecular flexibility index (Phi) is 3.78. The molecular weight excluding hydrogens is 212 g/mol. The van der Waals surface area contributed by atoms with Crippen LogP contribution in [0.25, 0.3) is 0 Å². The standard InChI is InChI=1S/C9H12N4O3/c1-2-11-9(14)7-5-6(12-10)3-4-8(7)13(15)16/h3-5,12H,2,10H2,1H3,(H,11,14). The molecule has 0 aromatic heterocycles. The Bertz CT molecular complexity index is 419. The van der Waals surface area contributed by atoms with Gasteiger partial charge < -0.3 is 10.7 Å². The molecule has 0 fully saturated rings. The second-order valence-electron chi connectivity index (χ2n) is 2.99. The Balaban J connectivity index is 3.20. The lowest BCUT2D eigenvalue weighted by atomic mass is 10.1. The molecule has 0 aliphatic rings. The van der Waals surface area contributed by atoms with Gasteiger partial charge >= 0.3 is 0 Å². The smallest absolute Gasteiger partial charge is 0.282 e. The van der Waals surface area contributed by atoms with Crippen LogP contribution in [0, 0.1) is 10.1 Å². The average molecular weight is 224 g/mol. The maximum Gasteiger partial charge on any atom is 0.282 e. The molecule has 0 bridgehead atoms. The van der Waals surface area contributed by atoms with Crippen LogP contribution in [-0.4, -0.2) is 17.4 Å². The lowest BCUT2D eigenvalue weighted by Crippen LogP contribution is -2.24. The number of carbonyl (C=O) groups is 1. The van der Waals surface area contributed by atoms with Crippen LogP contribution in [0.15, 0.2) is 18.2 Å². The summed E-state index contributed by atoms with van der Waals surface area (Å²) in [6.07, 6.45) is 0. The summed E-state index contributed by atoms with van der Waals surface area (Å²) in [7, 11) is 0. The molecule has 0 radical (unpaired) electrons. The molecule has 1 amide bonds. The van der Waals surface area contributed by atoms with E-state index in [9.17, 15) is 14.9 Å². The van der Waals surface area contributed by atoms with Gasteiger partial charge in [0.2, 0.25) is 0 Å². The van der Waals surface area contributed by atoms with Crippen molar-refractivity contribution in [3.8, 4) is 0 Å². The number of nitro benzene ring substituents is 1. The van der Waals surface area contributed by atoms with Crippen LogP contribution in [-0.2, 0) is 0 Å². The molecule has 1 aromatic carbocycles. The van der Waals surface area contributed by atoms with Crippen LogP contribution in [0.1, 0.15) is 17.3 Å². The first-order valence-corrected chi connectivity index (χ1v) is 4.63. The molecule has 0 spiro atoms. The van der Waals surface area contributed by atoms with Crippen LogP contribution >= 0.6 is 0 Å². The third-order valence-electron chi connectivity index (χ3n) is 1.94. The van der Waals surface area contributed by atoms with Crippen molar-refractivity contribution in [2.24, 2.45) is 5.84 Å². The molecule has 1 aromatic rings. The first-order chi connectivity index (χ1) is 7.60. The fourth-order valence-corrected chi connectivity index (χ4v) is 1.22. The van der Waals surface area contributed by atoms with Crippen molar-refractivity contribution < 1.29 is 9.72 Å². The van der Waals surface area contributed by atoms with Gasteiger partial charge in [-0.05, 0) is 19.1 Å². The number of nitrogens with zero attached hydrogens (tertiary/aromatic N) is 1. The highest BCUT2D eigenvalue weighted by atomic mass is 16.6. The molecule has 86 valence electrons. The summed E-state index contributed by atoms with van der Waals surface area (Å²) < 4.78 is 0. The molecule has 0 unspecified atom stereocenters. The molecule has 0 aliphatic heterocycles. The Morgan fingerprint density at radius 3 is 2.75 bits per heavy atom. The number of nitrogen functional groups attached to an aromatic ring is 1. The Labute approximate surface area is 91.8 Å². The van der Waals surface area contributed by atoms with E-state index in [-0.39, 0.29) is 11.3 Å². The van der Waals surface area contributed by atoms with Crippen LogP contribution in [0.5, 0.6) is 0 Å². The fourth-order valence-electron chi connectivity index (χ4n) is 1.22. The summed E-state index contributed by atoms with van der Waals surface area (Å²) in [6, 6.07) is 4.00. The molecule has 1 rings (SSSR count). The van der Waals surface area contributed by atoms with Crippen molar-refractivity contribution in [2.45, 2.75) is 6.92 Å². The maximum absolute atomic E-state index is 11.6. The number of amides is 1. The summed E-state index contributed by atoms with van der Waals surface area (Å²) in [5.74, 6) is 4.67. The number of hydrazine groups is 1. The zero-order valence-electron chi connectivity index (χ0n) is 8.69. The third kappa shape index (κ3) is 2.45. The summed E-state index contributed by atoms with van der Waals surface area (Å²) in [5, 5.41) is 13.2. The van der Waals surface area contributed by atoms with E-state index >= 15 is 0 Å². The summed E-state index contributed by atoms with van der Waals surface area (Å²) >= 11 is 0. The van der Waals surface area contributed by atoms with Gasteiger partial charge in [0.05, 0.1) is 4.92 Å². The van der Waals surface area contributed by atoms with Gasteiger partial charge in [0, 0.05) is 18.3 Å². The van der Waals surface area contributed by atoms with Crippen molar-refractivity contribution in [1.82, 2.24) is 5.32 Å². The number of rotatable bonds is 4. The number of nitrogens with two attached hydrogens (primary N) is 1. The highest BCUT2D eigenvalue weighted by Crippen LogP contribution is 2.22. The number of anilines is 1. The molecule has 7 heteroatoms. The van der Waals surface area contributed by atoms with Gasteiger partial charge in [-0.2, -0.15) is 0 Å². The zero-order chi connectivity index (χ0) is 12.1. The van der Waals surface area contributed by atoms with Crippen molar-refractivity contribution in [1.29, 1.82) is 0 Å². The van der Waals surface area contributed by atoms with Crippen LogP contribution in [0.4, 0.5) is 11.4 Å². The number of hydrogen-bond acceptors (Lipinski definition) is 5. The van der Waals surface area contributed by atoms with Gasteiger partial charge in [0.25, 0.3) is 11.6 Å². The van der Waals surface area contributed by atoms with E-state index < -0.39 is 10.8 Å². The maximum atomic E-state index is 11.6. The van der Waals surface area contributed by atoms with E-state index in [0.717, 1.165) is 0 Å². The average Bonchev–Trinajstić information content (AvgIpc) is 2.28. The summed E-state index contributed by atoms with van der Waals surface area (Å²) in [5.41, 5.74) is 2.51. The largest absolute Gasteiger partial charge is 0.352 e. The topological polar surface area (TPSA) is 110 Å². The van der Waals surface area contributed by atoms with Gasteiger partial charge in [0.1, 0.15) is 5.56 Å². The second kappa shape index (κ2) is 5.08. The molecule has 16 heavy (non-hydrogen) atoms. The minimum atomic E-state index is -0.606. The number of nitrogens with one attached hydrogen (secondary N) is 2. The van der Waals surface area contributed by atoms with E-state index in [2.05, 4.69) is 10.7 Å². The summed E-state index contributed by atoms with van der Waals surface area (Å²) in [4.78, 5) is 21.7. The number of nitro groups is 1. The van der Waals surface area contributed by atoms with Crippen LogP contribution < -0.4 is 16.6 Å². The Morgan fingerprint density at radius 2 is 2.25 bits per heavy atom. The van der Waals surface area contributed by atoms with E-state index in [4.69, 9.17) is 5.84 Å². The SMILES string of the molecule is CCNC(=O)c1cc(NN)ccc1[N+](=O)[O-]. The molecule has 0 atom stereocenters. The van der Waals surface area contributed by atoms with E-state index in [1.54, 1.807) is 6.92 Å². The lowest BCUT2D eigenvalue weighted by Gasteiger charge is -2.05. The van der Waals surface area contributed by atoms with Gasteiger partial charge in [-0.25, -0.2) is 0 Å². The molecular formula is C9H12N4O3. The third-order valence-corrected chi connectivity index (χ3v) is 1.94. The van der Waals surface area contributed by atoms with E-state index in [0.29, 0.717) is 12.2 Å². The van der Waals surface area contributed by atoms with Crippen molar-refractivity contribution in [3.05, 3.63) is 33.9 Å². The van der Waals surface area contributed by atoms with Gasteiger partial charge in [-0.1, -0.05) is 0 Å². The quantitative estimate of drug-likeness (QED) is 0.394. The summed E-state index contributed by atoms with van der Waals surface area (Å²) in [6.45, 7) is 2.13. The normalized spacial score (nSPS) is 9.62. The van der Waals surface area contributed by atoms with Crippen molar-refractivity contribution in [3.63, 3.8) is 0 Å². The fraction of sp³-hybridized carbons (Fsp3) is 0.222. The molecule has 0 heterocycles. The van der Waals surface area contributed by atoms with Crippen LogP contribution in [0.3, 0.4) is 0 Å². The monoisotopic (exact) mass is 224 g/mol. The van der Waals surface area contributed by atoms with Crippen LogP contribution in [0.2, 0.25) is 0 Å². The van der Waals surface area contributed by atoms with Gasteiger partial charge in [-0.15, -0.1) is 0 Å². The van der Waals surface area contributed by atoms with E-state index in [1.807, 2.05) is 0 Å². The highest BCUT2D eigenvalue weighted by Gasteiger charge is 2.19. The Morgan fingerprint density at radius 1 is 1.56 bits per heavy atom. The number of benzene rings is 1. The Hall–Kier alpha value is -2.15. The number of hydrogen-bond donors (Lipinski definition) is 3. The highest BCUT2D eigenvalue weighted by molar-refractivity contribution is 5.99. The second-order valence-corrected chi connectivity index (χ2v) is 2.99. The molecule has 0 saturated carbocycles. The predicted octanol–water partition coefficient (Wildman–Crippen LogP) is 0.630. The molecule has 0 aliphatic carbocycles. The van der Waals surface area contributed by atoms with Crippen molar-refractivity contribution in [2.75, 3.05) is 12.0 Å². The lowest BCUT2D eigenvalue weighted by molar-refractivity contribution is -0.385. The first-order valence-electron chi connectivity index (χ1n) is 4.63. The predicted molar refractivity (Wildman–Crippen MR) is 58.9 cm³/mol. The first kappa shape index (κ1) is 11.9. The minimum Gasteiger partial charge on any atom is -0.352 e. The molecule has 0 saturated heterocycles. The van der Waals surface area contributed by atoms with Crippen molar-refractivity contribution >= 4 is 17.3 Å². The molecule has 4 N–H and O–H groups in total. The zero-order valence-corrected chi connectivity index (χ0v) is 8.69. The van der Waals surface area contributed by atoms with Gasteiger partial charge in [0.15, 0.2) is 0 Å². The molecule has 7 nitrogen and oxygen atoms in total. The van der Waals surface area contributed by atoms with E-state index in [1.165, 1.54) is 18.2 Å². The minimum absolute atomic E-state index is 0.0118.